The van der Waals surface area contributed by atoms with E-state index in [0.29, 0.717) is 50.8 Å². The van der Waals surface area contributed by atoms with E-state index in [0.717, 1.165) is 28.9 Å². The second-order valence-electron chi connectivity index (χ2n) is 7.89. The molecule has 0 unspecified atom stereocenters. The summed E-state index contributed by atoms with van der Waals surface area (Å²) in [4.78, 5) is 26.3. The predicted octanol–water partition coefficient (Wildman–Crippen LogP) is 2.71. The molecule has 0 aliphatic heterocycles. The molecular weight excluding hydrogens is 437 g/mol. The Hall–Kier alpha value is -4.23. The first-order valence-corrected chi connectivity index (χ1v) is 11.5. The third-order valence-corrected chi connectivity index (χ3v) is 5.46. The Morgan fingerprint density at radius 3 is 2.46 bits per heavy atom. The van der Waals surface area contributed by atoms with Crippen LogP contribution in [0.4, 0.5) is 5.95 Å². The van der Waals surface area contributed by atoms with Crippen molar-refractivity contribution in [3.63, 3.8) is 0 Å². The quantitative estimate of drug-likeness (QED) is 0.198. The number of aromatic nitrogens is 5. The van der Waals surface area contributed by atoms with Crippen LogP contribution in [0, 0.1) is 5.80 Å². The fourth-order valence-corrected chi connectivity index (χ4v) is 3.75. The van der Waals surface area contributed by atoms with Crippen molar-refractivity contribution in [2.45, 2.75) is 19.4 Å². The molecule has 174 valence electrons. The van der Waals surface area contributed by atoms with Gasteiger partial charge in [-0.3, -0.25) is 4.79 Å². The van der Waals surface area contributed by atoms with Crippen LogP contribution in [0.3, 0.4) is 0 Å². The number of aryl methyl sites for hydroxylation is 1. The standard InChI is InChI=1S/C26H26BN7O/c27-13-12-21-8-10-23(11-9-21)25-31-24(22-6-2-1-3-7-22)32-34(25)18-5-17-33(19-16-28-20-35)26-29-14-4-15-30-26/h1-4,6-11,14-15,20H,5,12,16-19H2,(H,28,35). The van der Waals surface area contributed by atoms with Gasteiger partial charge < -0.3 is 5.32 Å². The molecule has 0 saturated heterocycles. The number of carbonyl (C=O) groups is 1. The molecule has 9 heteroatoms. The molecule has 0 saturated carbocycles. The molecular formula is C26H26BN7O. The zero-order valence-electron chi connectivity index (χ0n) is 19.4. The van der Waals surface area contributed by atoms with Crippen molar-refractivity contribution >= 4 is 19.7 Å². The predicted molar refractivity (Wildman–Crippen MR) is 137 cm³/mol. The van der Waals surface area contributed by atoms with Gasteiger partial charge in [-0.05, 0) is 6.07 Å². The zero-order valence-corrected chi connectivity index (χ0v) is 19.4. The van der Waals surface area contributed by atoms with Gasteiger partial charge in [0.2, 0.25) is 12.4 Å². The number of anilines is 1. The average Bonchev–Trinajstić information content (AvgIpc) is 3.34. The van der Waals surface area contributed by atoms with Crippen LogP contribution in [0.25, 0.3) is 22.8 Å². The first-order valence-electron chi connectivity index (χ1n) is 11.5. The van der Waals surface area contributed by atoms with Gasteiger partial charge in [0, 0.05) is 25.5 Å². The van der Waals surface area contributed by atoms with Crippen molar-refractivity contribution in [1.29, 1.82) is 0 Å². The summed E-state index contributed by atoms with van der Waals surface area (Å²) in [5, 5.41) is 7.53. The normalized spacial score (nSPS) is 10.6. The van der Waals surface area contributed by atoms with E-state index < -0.39 is 0 Å². The molecule has 2 aromatic heterocycles. The van der Waals surface area contributed by atoms with E-state index in [4.69, 9.17) is 17.4 Å². The Morgan fingerprint density at radius 1 is 0.971 bits per heavy atom. The van der Waals surface area contributed by atoms with Crippen LogP contribution in [0.5, 0.6) is 0 Å². The maximum atomic E-state index is 10.7. The molecule has 0 spiro atoms. The first kappa shape index (κ1) is 23.9. The summed E-state index contributed by atoms with van der Waals surface area (Å²) in [6.45, 7) is 2.48. The van der Waals surface area contributed by atoms with E-state index >= 15 is 0 Å². The van der Waals surface area contributed by atoms with Crippen molar-refractivity contribution in [3.05, 3.63) is 78.6 Å². The van der Waals surface area contributed by atoms with Gasteiger partial charge in [0.25, 0.3) is 0 Å². The SMILES string of the molecule is B#CCc1ccc(-c2nc(-c3ccccc3)nn2CCCN(CCNC=O)c2ncccn2)cc1. The van der Waals surface area contributed by atoms with E-state index in [2.05, 4.69) is 26.0 Å². The van der Waals surface area contributed by atoms with Crippen molar-refractivity contribution in [1.82, 2.24) is 30.0 Å². The second-order valence-corrected chi connectivity index (χ2v) is 7.89. The number of nitrogens with one attached hydrogen (secondary N) is 1. The summed E-state index contributed by atoms with van der Waals surface area (Å²) in [7, 11) is 5.45. The number of hydrogen-bond acceptors (Lipinski definition) is 6. The van der Waals surface area contributed by atoms with Gasteiger partial charge in [0.1, 0.15) is 0 Å². The molecule has 0 fully saturated rings. The maximum absolute atomic E-state index is 10.7. The van der Waals surface area contributed by atoms with Gasteiger partial charge in [-0.15, -0.1) is 0 Å². The Labute approximate surface area is 205 Å². The fraction of sp³-hybridized carbons (Fsp3) is 0.231. The van der Waals surface area contributed by atoms with Gasteiger partial charge in [-0.2, -0.15) is 0 Å². The van der Waals surface area contributed by atoms with Crippen LogP contribution >= 0.6 is 0 Å². The van der Waals surface area contributed by atoms with Gasteiger partial charge in [-0.25, -0.2) is 9.97 Å². The molecule has 1 N–H and O–H groups in total. The molecule has 0 aliphatic carbocycles. The summed E-state index contributed by atoms with van der Waals surface area (Å²) in [5.41, 5.74) is 3.04. The molecule has 0 bridgehead atoms. The van der Waals surface area contributed by atoms with E-state index in [1.54, 1.807) is 18.5 Å². The Morgan fingerprint density at radius 2 is 1.74 bits per heavy atom. The zero-order chi connectivity index (χ0) is 24.3. The number of rotatable bonds is 12. The summed E-state index contributed by atoms with van der Waals surface area (Å²) < 4.78 is 1.95. The van der Waals surface area contributed by atoms with Crippen molar-refractivity contribution in [2.24, 2.45) is 0 Å². The Balaban J connectivity index is 1.54. The summed E-state index contributed by atoms with van der Waals surface area (Å²) in [6, 6.07) is 19.9. The summed E-state index contributed by atoms with van der Waals surface area (Å²) >= 11 is 0. The molecule has 0 radical (unpaired) electrons. The average molecular weight is 463 g/mol. The summed E-state index contributed by atoms with van der Waals surface area (Å²) in [5.74, 6) is 4.80. The number of amides is 1. The third-order valence-electron chi connectivity index (χ3n) is 5.46. The topological polar surface area (TPSA) is 88.8 Å². The van der Waals surface area contributed by atoms with E-state index in [9.17, 15) is 4.79 Å². The molecule has 8 nitrogen and oxygen atoms in total. The number of hydrogen-bond donors (Lipinski definition) is 1. The molecule has 0 atom stereocenters. The van der Waals surface area contributed by atoms with Crippen LogP contribution in [0.1, 0.15) is 12.0 Å². The molecule has 35 heavy (non-hydrogen) atoms. The fourth-order valence-electron chi connectivity index (χ4n) is 3.75. The number of benzene rings is 2. The molecule has 4 aromatic rings. The van der Waals surface area contributed by atoms with Gasteiger partial charge in [0.05, 0.1) is 0 Å². The van der Waals surface area contributed by atoms with Crippen LogP contribution in [0.2, 0.25) is 0 Å². The van der Waals surface area contributed by atoms with Crippen LogP contribution in [0.15, 0.2) is 73.1 Å². The van der Waals surface area contributed by atoms with E-state index in [1.165, 1.54) is 0 Å². The first-order chi connectivity index (χ1) is 17.3. The molecule has 2 heterocycles. The molecule has 4 rings (SSSR count). The Kier molecular flexibility index (Phi) is 8.40. The van der Waals surface area contributed by atoms with Crippen molar-refractivity contribution in [3.8, 4) is 28.6 Å². The van der Waals surface area contributed by atoms with Crippen LogP contribution < -0.4 is 10.2 Å². The van der Waals surface area contributed by atoms with Gasteiger partial charge >= 0.3 is 136 Å². The number of carbonyl (C=O) groups excluding carboxylic acids is 1. The minimum atomic E-state index is 0.512. The molecule has 0 aliphatic rings. The Bertz CT molecular complexity index is 1250. The summed E-state index contributed by atoms with van der Waals surface area (Å²) in [6.07, 6.45) is 5.52. The van der Waals surface area contributed by atoms with Crippen LogP contribution in [-0.4, -0.2) is 58.1 Å². The van der Waals surface area contributed by atoms with Gasteiger partial charge in [-0.1, -0.05) is 6.07 Å². The molecule has 2 aromatic carbocycles. The second kappa shape index (κ2) is 12.3. The van der Waals surface area contributed by atoms with Gasteiger partial charge in [0.15, 0.2) is 0 Å². The van der Waals surface area contributed by atoms with E-state index in [-0.39, 0.29) is 0 Å². The van der Waals surface area contributed by atoms with Crippen molar-refractivity contribution in [2.75, 3.05) is 24.5 Å². The minimum absolute atomic E-state index is 0.512. The van der Waals surface area contributed by atoms with Crippen molar-refractivity contribution < 1.29 is 4.79 Å². The number of nitrogens with zero attached hydrogens (tertiary/aromatic N) is 6. The molecule has 1 amide bonds. The third kappa shape index (κ3) is 6.43. The monoisotopic (exact) mass is 463 g/mol. The van der Waals surface area contributed by atoms with E-state index in [1.807, 2.05) is 59.3 Å². The van der Waals surface area contributed by atoms with Crippen LogP contribution in [-0.2, 0) is 17.8 Å².